The minimum atomic E-state index is -0.446. The van der Waals surface area contributed by atoms with E-state index in [1.807, 2.05) is 16.8 Å². The van der Waals surface area contributed by atoms with Crippen molar-refractivity contribution in [1.29, 1.82) is 0 Å². The number of nitro benzene ring substituents is 1. The smallest absolute Gasteiger partial charge is 0.272 e. The molecule has 0 N–H and O–H groups in total. The Labute approximate surface area is 132 Å². The van der Waals surface area contributed by atoms with E-state index < -0.39 is 4.92 Å². The summed E-state index contributed by atoms with van der Waals surface area (Å²) in [5.41, 5.74) is 1.61. The van der Waals surface area contributed by atoms with Crippen molar-refractivity contribution in [1.82, 2.24) is 4.90 Å². The Kier molecular flexibility index (Phi) is 5.11. The van der Waals surface area contributed by atoms with E-state index in [0.29, 0.717) is 17.9 Å². The van der Waals surface area contributed by atoms with Crippen molar-refractivity contribution < 1.29 is 14.5 Å². The predicted octanol–water partition coefficient (Wildman–Crippen LogP) is 3.00. The van der Waals surface area contributed by atoms with Gasteiger partial charge in [-0.2, -0.15) is 11.3 Å². The molecule has 22 heavy (non-hydrogen) atoms. The van der Waals surface area contributed by atoms with E-state index in [2.05, 4.69) is 0 Å². The van der Waals surface area contributed by atoms with Gasteiger partial charge in [0.25, 0.3) is 11.6 Å². The third kappa shape index (κ3) is 4.05. The highest BCUT2D eigenvalue weighted by Crippen LogP contribution is 2.23. The quantitative estimate of drug-likeness (QED) is 0.606. The summed E-state index contributed by atoms with van der Waals surface area (Å²) < 4.78 is 5.41. The molecule has 0 spiro atoms. The van der Waals surface area contributed by atoms with Crippen LogP contribution in [0.5, 0.6) is 5.75 Å². The zero-order valence-corrected chi connectivity index (χ0v) is 13.1. The van der Waals surface area contributed by atoms with Gasteiger partial charge in [0, 0.05) is 25.2 Å². The van der Waals surface area contributed by atoms with Crippen LogP contribution >= 0.6 is 11.3 Å². The molecule has 0 atom stereocenters. The Morgan fingerprint density at radius 1 is 1.41 bits per heavy atom. The lowest BCUT2D eigenvalue weighted by Gasteiger charge is -2.16. The molecule has 2 rings (SSSR count). The van der Waals surface area contributed by atoms with Crippen molar-refractivity contribution in [2.24, 2.45) is 0 Å². The third-order valence-corrected chi connectivity index (χ3v) is 3.88. The predicted molar refractivity (Wildman–Crippen MR) is 84.1 cm³/mol. The van der Waals surface area contributed by atoms with Gasteiger partial charge in [-0.05, 0) is 41.4 Å². The zero-order chi connectivity index (χ0) is 16.1. The van der Waals surface area contributed by atoms with Gasteiger partial charge in [-0.1, -0.05) is 0 Å². The van der Waals surface area contributed by atoms with Crippen LogP contribution in [0.1, 0.15) is 11.1 Å². The molecule has 116 valence electrons. The maximum atomic E-state index is 12.0. The molecule has 0 unspecified atom stereocenters. The van der Waals surface area contributed by atoms with Gasteiger partial charge in [-0.3, -0.25) is 14.9 Å². The molecule has 1 aromatic carbocycles. The molecule has 7 heteroatoms. The van der Waals surface area contributed by atoms with E-state index in [-0.39, 0.29) is 18.2 Å². The van der Waals surface area contributed by atoms with Gasteiger partial charge in [0.1, 0.15) is 5.75 Å². The second kappa shape index (κ2) is 7.04. The molecule has 1 heterocycles. The number of benzene rings is 1. The van der Waals surface area contributed by atoms with Crippen molar-refractivity contribution >= 4 is 22.9 Å². The van der Waals surface area contributed by atoms with Crippen LogP contribution in [0.25, 0.3) is 0 Å². The van der Waals surface area contributed by atoms with E-state index >= 15 is 0 Å². The summed E-state index contributed by atoms with van der Waals surface area (Å²) in [7, 11) is 1.71. The Bertz CT molecular complexity index is 670. The van der Waals surface area contributed by atoms with Crippen LogP contribution in [0.3, 0.4) is 0 Å². The monoisotopic (exact) mass is 320 g/mol. The Morgan fingerprint density at radius 2 is 2.18 bits per heavy atom. The number of likely N-dealkylation sites (N-methyl/N-ethyl adjacent to an activating group) is 1. The minimum absolute atomic E-state index is 0.0354. The van der Waals surface area contributed by atoms with Crippen LogP contribution in [0.15, 0.2) is 35.0 Å². The first-order valence-corrected chi connectivity index (χ1v) is 7.54. The van der Waals surface area contributed by atoms with E-state index in [0.717, 1.165) is 5.56 Å². The summed E-state index contributed by atoms with van der Waals surface area (Å²) >= 11 is 1.58. The second-order valence-corrected chi connectivity index (χ2v) is 5.66. The summed E-state index contributed by atoms with van der Waals surface area (Å²) in [5, 5.41) is 14.7. The lowest BCUT2D eigenvalue weighted by Crippen LogP contribution is -2.30. The number of thiophene rings is 1. The molecular formula is C15H16N2O4S. The standard InChI is InChI=1S/C15H16N2O4S/c1-11-7-13(3-4-14(11)17(19)20)21-9-15(18)16(2)8-12-5-6-22-10-12/h3-7,10H,8-9H2,1-2H3. The molecular weight excluding hydrogens is 304 g/mol. The second-order valence-electron chi connectivity index (χ2n) is 4.88. The number of ether oxygens (including phenoxy) is 1. The molecule has 0 radical (unpaired) electrons. The summed E-state index contributed by atoms with van der Waals surface area (Å²) in [4.78, 5) is 23.9. The number of nitro groups is 1. The minimum Gasteiger partial charge on any atom is -0.484 e. The maximum absolute atomic E-state index is 12.0. The highest BCUT2D eigenvalue weighted by atomic mass is 32.1. The average molecular weight is 320 g/mol. The molecule has 6 nitrogen and oxygen atoms in total. The van der Waals surface area contributed by atoms with E-state index in [1.165, 1.54) is 12.1 Å². The average Bonchev–Trinajstić information content (AvgIpc) is 2.97. The van der Waals surface area contributed by atoms with Crippen molar-refractivity contribution in [3.05, 3.63) is 56.3 Å². The van der Waals surface area contributed by atoms with E-state index in [4.69, 9.17) is 4.74 Å². The highest BCUT2D eigenvalue weighted by Gasteiger charge is 2.13. The van der Waals surface area contributed by atoms with Crippen LogP contribution in [-0.2, 0) is 11.3 Å². The van der Waals surface area contributed by atoms with Gasteiger partial charge in [-0.25, -0.2) is 0 Å². The number of aryl methyl sites for hydroxylation is 1. The first-order chi connectivity index (χ1) is 10.5. The van der Waals surface area contributed by atoms with Crippen molar-refractivity contribution in [3.8, 4) is 5.75 Å². The fourth-order valence-electron chi connectivity index (χ4n) is 1.92. The summed E-state index contributed by atoms with van der Waals surface area (Å²) in [5.74, 6) is 0.294. The SMILES string of the molecule is Cc1cc(OCC(=O)N(C)Cc2ccsc2)ccc1[N+](=O)[O-]. The molecule has 0 fully saturated rings. The van der Waals surface area contributed by atoms with Crippen molar-refractivity contribution in [2.45, 2.75) is 13.5 Å². The van der Waals surface area contributed by atoms with Gasteiger partial charge in [-0.15, -0.1) is 0 Å². The largest absolute Gasteiger partial charge is 0.484 e. The van der Waals surface area contributed by atoms with Gasteiger partial charge in [0.15, 0.2) is 6.61 Å². The Hall–Kier alpha value is -2.41. The first-order valence-electron chi connectivity index (χ1n) is 6.60. The normalized spacial score (nSPS) is 10.3. The summed E-state index contributed by atoms with van der Waals surface area (Å²) in [6, 6.07) is 6.40. The fraction of sp³-hybridized carbons (Fsp3) is 0.267. The molecule has 0 aliphatic rings. The van der Waals surface area contributed by atoms with Gasteiger partial charge in [0.2, 0.25) is 0 Å². The topological polar surface area (TPSA) is 72.7 Å². The number of hydrogen-bond acceptors (Lipinski definition) is 5. The van der Waals surface area contributed by atoms with Crippen molar-refractivity contribution in [3.63, 3.8) is 0 Å². The number of nitrogens with zero attached hydrogens (tertiary/aromatic N) is 2. The molecule has 0 aliphatic heterocycles. The third-order valence-electron chi connectivity index (χ3n) is 3.15. The van der Waals surface area contributed by atoms with Crippen LogP contribution < -0.4 is 4.74 Å². The lowest BCUT2D eigenvalue weighted by molar-refractivity contribution is -0.385. The Morgan fingerprint density at radius 3 is 2.77 bits per heavy atom. The van der Waals surface area contributed by atoms with Crippen LogP contribution in [-0.4, -0.2) is 29.4 Å². The van der Waals surface area contributed by atoms with Crippen LogP contribution in [0.4, 0.5) is 5.69 Å². The molecule has 0 saturated carbocycles. The molecule has 0 aliphatic carbocycles. The Balaban J connectivity index is 1.90. The number of carbonyl (C=O) groups excluding carboxylic acids is 1. The molecule has 0 saturated heterocycles. The van der Waals surface area contributed by atoms with E-state index in [9.17, 15) is 14.9 Å². The lowest BCUT2D eigenvalue weighted by atomic mass is 10.2. The maximum Gasteiger partial charge on any atom is 0.272 e. The molecule has 0 bridgehead atoms. The number of rotatable bonds is 6. The highest BCUT2D eigenvalue weighted by molar-refractivity contribution is 7.07. The van der Waals surface area contributed by atoms with Crippen LogP contribution in [0.2, 0.25) is 0 Å². The molecule has 1 aromatic heterocycles. The number of carbonyl (C=O) groups is 1. The number of amides is 1. The molecule has 2 aromatic rings. The van der Waals surface area contributed by atoms with Crippen molar-refractivity contribution in [2.75, 3.05) is 13.7 Å². The number of hydrogen-bond donors (Lipinski definition) is 0. The van der Waals surface area contributed by atoms with Crippen LogP contribution in [0, 0.1) is 17.0 Å². The van der Waals surface area contributed by atoms with Gasteiger partial charge in [0.05, 0.1) is 4.92 Å². The van der Waals surface area contributed by atoms with Gasteiger partial charge < -0.3 is 9.64 Å². The summed E-state index contributed by atoms with van der Waals surface area (Å²) in [6.07, 6.45) is 0. The van der Waals surface area contributed by atoms with Gasteiger partial charge >= 0.3 is 0 Å². The zero-order valence-electron chi connectivity index (χ0n) is 12.3. The molecule has 1 amide bonds. The first kappa shape index (κ1) is 16.0. The fourth-order valence-corrected chi connectivity index (χ4v) is 2.58. The van der Waals surface area contributed by atoms with E-state index in [1.54, 1.807) is 36.3 Å². The summed E-state index contributed by atoms with van der Waals surface area (Å²) in [6.45, 7) is 2.07.